The Morgan fingerprint density at radius 1 is 0.660 bits per heavy atom. The molecule has 10 aliphatic heterocycles. The molecule has 4 bridgehead atoms. The van der Waals surface area contributed by atoms with Crippen molar-refractivity contribution in [1.82, 2.24) is 9.97 Å². The average molecular weight is 811 g/mol. The van der Waals surface area contributed by atoms with E-state index in [-0.39, 0.29) is 5.16 Å². The molecule has 0 N–H and O–H groups in total. The first-order chi connectivity index (χ1) is 25.1. The molecule has 2 aromatic carbocycles. The zero-order chi connectivity index (χ0) is 35.7. The van der Waals surface area contributed by atoms with Gasteiger partial charge in [-0.2, -0.15) is 0 Å². The van der Waals surface area contributed by atoms with Crippen LogP contribution < -0.4 is 0 Å². The molecule has 12 heterocycles. The van der Waals surface area contributed by atoms with Gasteiger partial charge in [0, 0.05) is 0 Å². The first-order valence-corrected chi connectivity index (χ1v) is 35.9. The van der Waals surface area contributed by atoms with Crippen molar-refractivity contribution in [3.63, 3.8) is 0 Å². The standard InChI is InChI=1S/C41H51N2P2Si2.C5H5.Fe/c1-46(2,3)35-24-32(38(39(35)47(4,5)6)40(25-44)30-20-26-19-27(22-30)23-31(40)21-26)41(45,36-17-15-28-11-7-9-13-33(28)42-36)37-18-16-29-12-8-10-14-34(29)43-37;1-2-4-5-3-1;/h7-18,24,26-27,30-31H,19-23,25,44-45H2,1-6H3;1-5H;. The minimum atomic E-state index is -4.79. The number of para-hydroxylation sites is 2. The van der Waals surface area contributed by atoms with Crippen molar-refractivity contribution < 1.29 is 6.51 Å². The Labute approximate surface area is 312 Å². The van der Waals surface area contributed by atoms with Crippen LogP contribution in [-0.4, -0.2) is 32.3 Å². The van der Waals surface area contributed by atoms with Gasteiger partial charge < -0.3 is 0 Å². The number of nitrogens with zero attached hydrogens (tertiary/aromatic N) is 2. The number of hydrogen-bond acceptors (Lipinski definition) is 2. The van der Waals surface area contributed by atoms with Gasteiger partial charge >= 0.3 is 314 Å². The quantitative estimate of drug-likeness (QED) is 0.137. The number of hydrogen-bond donors (Lipinski definition) is 0. The first kappa shape index (κ1) is 29.3. The summed E-state index contributed by atoms with van der Waals surface area (Å²) in [6.07, 6.45) is 9.24. The number of fused-ring (bicyclic) bond motifs is 13. The van der Waals surface area contributed by atoms with E-state index in [1.54, 1.807) is 32.1 Å². The van der Waals surface area contributed by atoms with E-state index in [0.717, 1.165) is 36.4 Å². The molecule has 4 aliphatic carbocycles. The van der Waals surface area contributed by atoms with E-state index >= 15 is 0 Å². The van der Waals surface area contributed by atoms with Crippen molar-refractivity contribution in [2.24, 2.45) is 29.1 Å². The molecule has 276 valence electrons. The van der Waals surface area contributed by atoms with Crippen LogP contribution in [0.5, 0.6) is 0 Å². The Morgan fingerprint density at radius 2 is 1.13 bits per heavy atom. The van der Waals surface area contributed by atoms with E-state index in [9.17, 15) is 0 Å². The summed E-state index contributed by atoms with van der Waals surface area (Å²) in [4.78, 5) is 18.9. The predicted octanol–water partition coefficient (Wildman–Crippen LogP) is 12.8. The summed E-state index contributed by atoms with van der Waals surface area (Å²) in [6.45, 7) is 13.1. The van der Waals surface area contributed by atoms with Gasteiger partial charge in [-0.25, -0.2) is 0 Å². The van der Waals surface area contributed by atoms with Crippen LogP contribution in [0, 0.1) is 29.1 Å². The number of aromatic nitrogens is 2. The molecule has 2 aromatic heterocycles. The fourth-order valence-corrected chi connectivity index (χ4v) is 174. The van der Waals surface area contributed by atoms with Gasteiger partial charge in [0.25, 0.3) is 0 Å². The number of benzene rings is 2. The Kier molecular flexibility index (Phi) is 2.76. The van der Waals surface area contributed by atoms with E-state index in [1.165, 1.54) is 63.4 Å². The van der Waals surface area contributed by atoms with Gasteiger partial charge in [-0.1, -0.05) is 0 Å². The van der Waals surface area contributed by atoms with Gasteiger partial charge in [-0.15, -0.1) is 0 Å². The summed E-state index contributed by atoms with van der Waals surface area (Å²) in [5.41, 5.74) is 5.67. The van der Waals surface area contributed by atoms with Gasteiger partial charge in [-0.05, 0) is 0 Å². The van der Waals surface area contributed by atoms with Crippen LogP contribution in [0.4, 0.5) is 0 Å². The van der Waals surface area contributed by atoms with Gasteiger partial charge in [0.1, 0.15) is 0 Å². The molecular formula is C46H56FeN2P2Si2. The van der Waals surface area contributed by atoms with E-state index in [2.05, 4.69) is 131 Å². The molecular weight excluding hydrogens is 754 g/mol. The Morgan fingerprint density at radius 3 is 1.55 bits per heavy atom. The Hall–Kier alpha value is -0.927. The molecule has 4 aromatic rings. The summed E-state index contributed by atoms with van der Waals surface area (Å²) < 4.78 is 2.60. The van der Waals surface area contributed by atoms with E-state index in [0.29, 0.717) is 14.0 Å². The van der Waals surface area contributed by atoms with Crippen molar-refractivity contribution in [3.05, 3.63) is 84.2 Å². The average Bonchev–Trinajstić information content (AvgIpc) is 4.08. The van der Waals surface area contributed by atoms with Crippen molar-refractivity contribution in [3.8, 4) is 0 Å². The molecule has 4 saturated carbocycles. The molecule has 2 nitrogen and oxygen atoms in total. The minimum absolute atomic E-state index is 0.230. The number of pyridine rings is 2. The molecule has 7 atom stereocenters. The first-order valence-electron chi connectivity index (χ1n) is 21.5. The third-order valence-corrected chi connectivity index (χ3v) is 91.9. The van der Waals surface area contributed by atoms with Crippen LogP contribution in [0.25, 0.3) is 21.8 Å². The van der Waals surface area contributed by atoms with Crippen molar-refractivity contribution >= 4 is 56.4 Å². The summed E-state index contributed by atoms with van der Waals surface area (Å²) in [6, 6.07) is 28.1. The predicted molar refractivity (Wildman–Crippen MR) is 228 cm³/mol. The van der Waals surface area contributed by atoms with Crippen molar-refractivity contribution in [2.45, 2.75) is 122 Å². The van der Waals surface area contributed by atoms with Crippen LogP contribution in [-0.2, 0) is 11.7 Å². The summed E-state index contributed by atoms with van der Waals surface area (Å²) in [5.74, 6) is 3.96. The van der Waals surface area contributed by atoms with Gasteiger partial charge in [0.05, 0.1) is 0 Å². The molecule has 0 radical (unpaired) electrons. The van der Waals surface area contributed by atoms with Gasteiger partial charge in [0.2, 0.25) is 0 Å². The molecule has 1 spiro atoms. The summed E-state index contributed by atoms with van der Waals surface area (Å²) >= 11 is 0. The maximum atomic E-state index is 5.96. The fourth-order valence-electron chi connectivity index (χ4n) is 32.4. The zero-order valence-corrected chi connectivity index (χ0v) is 37.8. The molecule has 18 rings (SSSR count). The molecule has 7 heteroatoms. The van der Waals surface area contributed by atoms with Crippen LogP contribution in [0.2, 0.25) is 84.7 Å². The van der Waals surface area contributed by atoms with Crippen LogP contribution in [0.1, 0.15) is 43.5 Å². The van der Waals surface area contributed by atoms with E-state index in [4.69, 9.17) is 9.97 Å². The molecule has 14 aliphatic rings. The van der Waals surface area contributed by atoms with E-state index in [1.807, 2.05) is 0 Å². The fraction of sp³-hybridized carbons (Fsp3) is 0.609. The monoisotopic (exact) mass is 810 g/mol. The van der Waals surface area contributed by atoms with Gasteiger partial charge in [-0.3, -0.25) is 0 Å². The topological polar surface area (TPSA) is 25.8 Å². The molecule has 53 heavy (non-hydrogen) atoms. The SMILES string of the molecule is C[Si](C)(C)[C]12[CH]3[C]4(C(P)(c5ccc6ccccc6n5)c5ccc6ccccc6n5)[C]5(C6(CP)C7CC8CC(C7)CC6C8)[C]1([Si](C)(C)C)[Fe]34521678[CH]2[CH]1[CH]6[CH]7[CH]28. The second kappa shape index (κ2) is 5.00. The molecule has 0 amide bonds. The van der Waals surface area contributed by atoms with Crippen molar-refractivity contribution in [2.75, 3.05) is 6.16 Å². The second-order valence-electron chi connectivity index (χ2n) is 25.5. The van der Waals surface area contributed by atoms with E-state index < -0.39 is 22.7 Å². The summed E-state index contributed by atoms with van der Waals surface area (Å²) in [7, 11) is 4.25. The third-order valence-electron chi connectivity index (χ3n) is 27.4. The molecule has 14 fully saturated rings. The summed E-state index contributed by atoms with van der Waals surface area (Å²) in [5, 5.41) is 2.34. The zero-order valence-electron chi connectivity index (χ0n) is 32.3. The molecule has 7 unspecified atom stereocenters. The number of rotatable bonds is 7. The third kappa shape index (κ3) is 0.865. The maximum absolute atomic E-state index is 5.96. The Balaban J connectivity index is 1.10. The van der Waals surface area contributed by atoms with Crippen LogP contribution in [0.15, 0.2) is 72.8 Å². The Bertz CT molecular complexity index is 2880. The van der Waals surface area contributed by atoms with Crippen molar-refractivity contribution in [1.29, 1.82) is 0 Å². The van der Waals surface area contributed by atoms with Crippen LogP contribution in [0.3, 0.4) is 0 Å². The molecule has 10 saturated heterocycles. The van der Waals surface area contributed by atoms with Crippen LogP contribution >= 0.6 is 18.5 Å². The van der Waals surface area contributed by atoms with Gasteiger partial charge in [0.15, 0.2) is 0 Å². The second-order valence-corrected chi connectivity index (χ2v) is 60.9. The normalized spacial score (nSPS) is 63.4.